The number of nitrogens with zero attached hydrogens (tertiary/aromatic N) is 1. The van der Waals surface area contributed by atoms with Crippen molar-refractivity contribution in [3.05, 3.63) is 35.9 Å². The second-order valence-electron chi connectivity index (χ2n) is 2.92. The van der Waals surface area contributed by atoms with Crippen molar-refractivity contribution in [2.45, 2.75) is 0 Å². The predicted octanol–water partition coefficient (Wildman–Crippen LogP) is 2.06. The fraction of sp³-hybridized carbons (Fsp3) is 0.0909. The average Bonchev–Trinajstić information content (AvgIpc) is 2.27. The number of rotatable bonds is 2. The number of aromatic nitrogens is 1. The molecule has 0 saturated carbocycles. The first-order chi connectivity index (χ1) is 6.83. The summed E-state index contributed by atoms with van der Waals surface area (Å²) in [5.74, 6) is 0.556. The molecule has 0 atom stereocenters. The van der Waals surface area contributed by atoms with Crippen LogP contribution >= 0.6 is 0 Å². The Kier molecular flexibility index (Phi) is 2.14. The number of pyridine rings is 1. The van der Waals surface area contributed by atoms with Crippen LogP contribution in [0.15, 0.2) is 30.3 Å². The Labute approximate surface area is 81.3 Å². The number of carbonyl (C=O) groups excluding carboxylic acids is 1. The summed E-state index contributed by atoms with van der Waals surface area (Å²) in [7, 11) is 1.57. The van der Waals surface area contributed by atoms with E-state index in [4.69, 9.17) is 4.74 Å². The Morgan fingerprint density at radius 3 is 2.79 bits per heavy atom. The predicted molar refractivity (Wildman–Crippen MR) is 53.7 cm³/mol. The number of carbonyl (C=O) groups is 1. The van der Waals surface area contributed by atoms with Crippen LogP contribution in [0.2, 0.25) is 0 Å². The smallest absolute Gasteiger partial charge is 0.213 e. The fourth-order valence-electron chi connectivity index (χ4n) is 1.30. The molecule has 0 unspecified atom stereocenters. The molecular weight excluding hydrogens is 178 g/mol. The van der Waals surface area contributed by atoms with Crippen molar-refractivity contribution >= 4 is 17.2 Å². The minimum absolute atomic E-state index is 0.556. The summed E-state index contributed by atoms with van der Waals surface area (Å²) >= 11 is 0. The third-order valence-electron chi connectivity index (χ3n) is 2.04. The first kappa shape index (κ1) is 8.69. The molecule has 0 spiro atoms. The van der Waals surface area contributed by atoms with Gasteiger partial charge in [-0.25, -0.2) is 4.98 Å². The van der Waals surface area contributed by atoms with Gasteiger partial charge in [0.25, 0.3) is 0 Å². The number of hydrogen-bond acceptors (Lipinski definition) is 3. The summed E-state index contributed by atoms with van der Waals surface area (Å²) in [5.41, 5.74) is 1.40. The molecule has 0 aliphatic carbocycles. The highest BCUT2D eigenvalue weighted by Gasteiger charge is 1.98. The summed E-state index contributed by atoms with van der Waals surface area (Å²) in [4.78, 5) is 14.8. The molecule has 2 rings (SSSR count). The average molecular weight is 187 g/mol. The van der Waals surface area contributed by atoms with Crippen LogP contribution < -0.4 is 4.74 Å². The van der Waals surface area contributed by atoms with Crippen LogP contribution in [-0.2, 0) is 0 Å². The summed E-state index contributed by atoms with van der Waals surface area (Å²) < 4.78 is 5.00. The quantitative estimate of drug-likeness (QED) is 0.675. The molecule has 3 nitrogen and oxygen atoms in total. The normalized spacial score (nSPS) is 10.1. The number of aldehydes is 1. The zero-order chi connectivity index (χ0) is 9.97. The molecule has 1 heterocycles. The lowest BCUT2D eigenvalue weighted by Crippen LogP contribution is -1.88. The van der Waals surface area contributed by atoms with Gasteiger partial charge in [0.05, 0.1) is 12.6 Å². The first-order valence-corrected chi connectivity index (χ1v) is 4.23. The molecule has 0 amide bonds. The lowest BCUT2D eigenvalue weighted by Gasteiger charge is -2.01. The van der Waals surface area contributed by atoms with Gasteiger partial charge in [-0.3, -0.25) is 4.79 Å². The van der Waals surface area contributed by atoms with Gasteiger partial charge in [0.1, 0.15) is 6.29 Å². The number of hydrogen-bond donors (Lipinski definition) is 0. The first-order valence-electron chi connectivity index (χ1n) is 4.23. The van der Waals surface area contributed by atoms with Crippen LogP contribution in [-0.4, -0.2) is 18.4 Å². The molecule has 0 aliphatic heterocycles. The molecule has 1 aromatic heterocycles. The van der Waals surface area contributed by atoms with E-state index in [1.807, 2.05) is 12.1 Å². The van der Waals surface area contributed by atoms with Gasteiger partial charge in [-0.2, -0.15) is 0 Å². The van der Waals surface area contributed by atoms with Crippen LogP contribution in [0.25, 0.3) is 10.9 Å². The molecule has 3 heteroatoms. The van der Waals surface area contributed by atoms with Crippen molar-refractivity contribution in [1.29, 1.82) is 0 Å². The highest BCUT2D eigenvalue weighted by molar-refractivity contribution is 5.86. The third-order valence-corrected chi connectivity index (χ3v) is 2.04. The van der Waals surface area contributed by atoms with E-state index < -0.39 is 0 Å². The number of benzene rings is 1. The maximum atomic E-state index is 10.5. The maximum absolute atomic E-state index is 10.5. The minimum Gasteiger partial charge on any atom is -0.481 e. The summed E-state index contributed by atoms with van der Waals surface area (Å²) in [6, 6.07) is 9.08. The van der Waals surface area contributed by atoms with Crippen molar-refractivity contribution in [2.24, 2.45) is 0 Å². The number of fused-ring (bicyclic) bond motifs is 1. The maximum Gasteiger partial charge on any atom is 0.213 e. The SMILES string of the molecule is COc1ccc2ccc(C=O)cc2n1. The van der Waals surface area contributed by atoms with Crippen LogP contribution in [0.1, 0.15) is 10.4 Å². The van der Waals surface area contributed by atoms with E-state index in [0.717, 1.165) is 17.2 Å². The van der Waals surface area contributed by atoms with E-state index in [-0.39, 0.29) is 0 Å². The van der Waals surface area contributed by atoms with Gasteiger partial charge in [-0.15, -0.1) is 0 Å². The van der Waals surface area contributed by atoms with Gasteiger partial charge in [0.2, 0.25) is 5.88 Å². The van der Waals surface area contributed by atoms with E-state index in [1.165, 1.54) is 0 Å². The highest BCUT2D eigenvalue weighted by Crippen LogP contribution is 2.17. The molecule has 0 bridgehead atoms. The highest BCUT2D eigenvalue weighted by atomic mass is 16.5. The molecule has 0 aliphatic rings. The zero-order valence-corrected chi connectivity index (χ0v) is 7.73. The molecule has 0 N–H and O–H groups in total. The zero-order valence-electron chi connectivity index (χ0n) is 7.73. The Morgan fingerprint density at radius 1 is 1.29 bits per heavy atom. The molecule has 0 saturated heterocycles. The number of ether oxygens (including phenoxy) is 1. The second kappa shape index (κ2) is 3.46. The van der Waals surface area contributed by atoms with E-state index in [9.17, 15) is 4.79 Å². The molecule has 14 heavy (non-hydrogen) atoms. The van der Waals surface area contributed by atoms with Crippen molar-refractivity contribution in [3.63, 3.8) is 0 Å². The standard InChI is InChI=1S/C11H9NO2/c1-14-11-5-4-9-3-2-8(7-13)6-10(9)12-11/h2-7H,1H3. The van der Waals surface area contributed by atoms with E-state index in [0.29, 0.717) is 11.4 Å². The Bertz CT molecular complexity index is 480. The van der Waals surface area contributed by atoms with Crippen molar-refractivity contribution in [3.8, 4) is 5.88 Å². The van der Waals surface area contributed by atoms with Crippen molar-refractivity contribution in [1.82, 2.24) is 4.98 Å². The summed E-state index contributed by atoms with van der Waals surface area (Å²) in [6.07, 6.45) is 0.806. The Morgan fingerprint density at radius 2 is 2.07 bits per heavy atom. The van der Waals surface area contributed by atoms with Crippen LogP contribution in [0.5, 0.6) is 5.88 Å². The van der Waals surface area contributed by atoms with Gasteiger partial charge < -0.3 is 4.74 Å². The lowest BCUT2D eigenvalue weighted by atomic mass is 10.1. The van der Waals surface area contributed by atoms with Gasteiger partial charge >= 0.3 is 0 Å². The van der Waals surface area contributed by atoms with Gasteiger partial charge in [-0.1, -0.05) is 12.1 Å². The van der Waals surface area contributed by atoms with Crippen molar-refractivity contribution in [2.75, 3.05) is 7.11 Å². The molecule has 0 radical (unpaired) electrons. The summed E-state index contributed by atoms with van der Waals surface area (Å²) in [5, 5.41) is 0.997. The van der Waals surface area contributed by atoms with Gasteiger partial charge in [0.15, 0.2) is 0 Å². The third kappa shape index (κ3) is 1.44. The van der Waals surface area contributed by atoms with E-state index in [1.54, 1.807) is 25.3 Å². The molecule has 70 valence electrons. The van der Waals surface area contributed by atoms with Crippen LogP contribution in [0.4, 0.5) is 0 Å². The molecular formula is C11H9NO2. The van der Waals surface area contributed by atoms with Gasteiger partial charge in [-0.05, 0) is 12.1 Å². The lowest BCUT2D eigenvalue weighted by molar-refractivity contribution is 0.112. The second-order valence-corrected chi connectivity index (χ2v) is 2.92. The van der Waals surface area contributed by atoms with Crippen LogP contribution in [0.3, 0.4) is 0 Å². The minimum atomic E-state index is 0.556. The summed E-state index contributed by atoms with van der Waals surface area (Å²) in [6.45, 7) is 0. The largest absolute Gasteiger partial charge is 0.481 e. The Balaban J connectivity index is 2.65. The molecule has 2 aromatic rings. The molecule has 0 fully saturated rings. The van der Waals surface area contributed by atoms with Crippen LogP contribution in [0, 0.1) is 0 Å². The topological polar surface area (TPSA) is 39.2 Å². The molecule has 1 aromatic carbocycles. The fourth-order valence-corrected chi connectivity index (χ4v) is 1.30. The monoisotopic (exact) mass is 187 g/mol. The van der Waals surface area contributed by atoms with E-state index >= 15 is 0 Å². The Hall–Kier alpha value is -1.90. The number of methoxy groups -OCH3 is 1. The van der Waals surface area contributed by atoms with Gasteiger partial charge in [0, 0.05) is 17.0 Å². The van der Waals surface area contributed by atoms with Crippen molar-refractivity contribution < 1.29 is 9.53 Å². The van der Waals surface area contributed by atoms with E-state index in [2.05, 4.69) is 4.98 Å².